The first kappa shape index (κ1) is 76.3. The number of ether oxygens (including phenoxy) is 2. The van der Waals surface area contributed by atoms with Crippen molar-refractivity contribution < 1.29 is 71.8 Å². The molecule has 7 heterocycles. The second-order valence-corrected chi connectivity index (χ2v) is 29.0. The number of fused-ring (bicyclic) bond motifs is 2. The summed E-state index contributed by atoms with van der Waals surface area (Å²) < 4.78 is 149. The van der Waals surface area contributed by atoms with Gasteiger partial charge in [0, 0.05) is 87.4 Å². The monoisotopic (exact) mass is 1420 g/mol. The van der Waals surface area contributed by atoms with Crippen molar-refractivity contribution in [3.05, 3.63) is 166 Å². The average molecular weight is 1420 g/mol. The molecule has 2 fully saturated rings. The van der Waals surface area contributed by atoms with Gasteiger partial charge in [0.05, 0.1) is 35.8 Å². The summed E-state index contributed by atoms with van der Waals surface area (Å²) in [5.41, 5.74) is 0.0535. The molecule has 4 aromatic rings. The van der Waals surface area contributed by atoms with Gasteiger partial charge in [-0.2, -0.15) is 26.3 Å². The number of aryl methyl sites for hydroxylation is 4. The molecule has 0 unspecified atom stereocenters. The predicted octanol–water partition coefficient (Wildman–Crippen LogP) is 11.2. The van der Waals surface area contributed by atoms with Crippen molar-refractivity contribution in [1.82, 2.24) is 29.0 Å². The van der Waals surface area contributed by atoms with Crippen LogP contribution in [-0.4, -0.2) is 171 Å². The Morgan fingerprint density at radius 1 is 0.760 bits per heavy atom. The minimum atomic E-state index is -4.65. The maximum atomic E-state index is 13.8. The fraction of sp³-hybridized carbons (Fsp3) is 0.471. The number of aliphatic imine (C=N–C) groups is 2. The highest BCUT2D eigenvalue weighted by molar-refractivity contribution is 7.89. The number of sulfonamides is 2. The van der Waals surface area contributed by atoms with Crippen LogP contribution in [0.15, 0.2) is 120 Å². The molecule has 2 N–H and O–H groups in total. The van der Waals surface area contributed by atoms with Crippen LogP contribution in [0.3, 0.4) is 0 Å². The number of amidine groups is 2. The van der Waals surface area contributed by atoms with Gasteiger partial charge in [0.1, 0.15) is 34.2 Å². The largest absolute Gasteiger partial charge is 0.493 e. The fourth-order valence-corrected chi connectivity index (χ4v) is 14.4. The predicted molar refractivity (Wildman–Crippen MR) is 360 cm³/mol. The first-order valence-corrected chi connectivity index (χ1v) is 35.8. The highest BCUT2D eigenvalue weighted by atomic mass is 35.5. The molecule has 18 nitrogen and oxygen atoms in total. The lowest BCUT2D eigenvalue weighted by Gasteiger charge is -2.34. The number of allylic oxidation sites excluding steroid dienone is 2. The van der Waals surface area contributed by atoms with Crippen molar-refractivity contribution in [1.29, 1.82) is 0 Å². The molecule has 7 aliphatic heterocycles. The molecule has 4 amide bonds. The van der Waals surface area contributed by atoms with E-state index < -0.39 is 66.4 Å². The average Bonchev–Trinajstić information content (AvgIpc) is 1.60. The lowest BCUT2D eigenvalue weighted by molar-refractivity contribution is -0.138. The number of unbranched alkanes of at least 4 members (excludes halogenated alkanes) is 1. The minimum absolute atomic E-state index is 0.00313. The molecule has 2 spiro atoms. The van der Waals surface area contributed by atoms with Gasteiger partial charge in [-0.25, -0.2) is 25.4 Å². The molecule has 4 aromatic carbocycles. The first-order valence-electron chi connectivity index (χ1n) is 31.6. The van der Waals surface area contributed by atoms with Gasteiger partial charge in [0.15, 0.2) is 0 Å². The number of hydrogen-bond acceptors (Lipinski definition) is 12. The number of amides is 4. The van der Waals surface area contributed by atoms with Crippen LogP contribution in [0.2, 0.25) is 0 Å². The lowest BCUT2D eigenvalue weighted by Crippen LogP contribution is -2.50. The summed E-state index contributed by atoms with van der Waals surface area (Å²) in [5, 5.41) is 5.25. The molecule has 96 heavy (non-hydrogen) atoms. The normalized spacial score (nSPS) is 19.9. The van der Waals surface area contributed by atoms with Gasteiger partial charge in [-0.05, 0) is 174 Å². The van der Waals surface area contributed by atoms with Crippen molar-refractivity contribution >= 4 is 78.5 Å². The molecular weight excluding hydrogens is 1340 g/mol. The molecule has 0 saturated carbocycles. The second kappa shape index (κ2) is 33.4. The Balaban J connectivity index is 0.000000257. The van der Waals surface area contributed by atoms with Gasteiger partial charge in [-0.3, -0.25) is 29.2 Å². The van der Waals surface area contributed by atoms with E-state index in [4.69, 9.17) is 32.7 Å². The summed E-state index contributed by atoms with van der Waals surface area (Å²) in [7, 11) is -3.90. The number of carbonyl (C=O) groups is 4. The highest BCUT2D eigenvalue weighted by Gasteiger charge is 2.49. The van der Waals surface area contributed by atoms with Gasteiger partial charge in [0.25, 0.3) is 23.6 Å². The zero-order valence-corrected chi connectivity index (χ0v) is 57.4. The molecule has 0 aromatic heterocycles. The van der Waals surface area contributed by atoms with E-state index in [0.717, 1.165) is 65.8 Å². The Bertz CT molecular complexity index is 3810. The zero-order chi connectivity index (χ0) is 70.2. The zero-order valence-electron chi connectivity index (χ0n) is 54.2. The number of alkyl halides is 8. The molecule has 7 aliphatic rings. The van der Waals surface area contributed by atoms with Gasteiger partial charge >= 0.3 is 12.4 Å². The third-order valence-corrected chi connectivity index (χ3v) is 21.5. The molecule has 522 valence electrons. The molecular formula is C68H82Cl2F6N8O10S2. The number of piperidine rings is 2. The summed E-state index contributed by atoms with van der Waals surface area (Å²) in [4.78, 5) is 64.4. The number of rotatable bonds is 15. The van der Waals surface area contributed by atoms with E-state index in [-0.39, 0.29) is 136 Å². The molecule has 11 rings (SSSR count). The fourth-order valence-electron chi connectivity index (χ4n) is 11.5. The van der Waals surface area contributed by atoms with Gasteiger partial charge < -0.3 is 29.9 Å². The van der Waals surface area contributed by atoms with Crippen LogP contribution in [0.1, 0.15) is 129 Å². The Kier molecular flexibility index (Phi) is 26.6. The standard InChI is InChI=1S/C34H41F3N4O5S.C32H37F3N4O5S.C2H4Cl2/c1-5-7-9-15-40(4)31(42)26-11-10-25(24(3)20-26)12-19-47(44,45)41-16-13-33(14-17-41)32(43)38-30(39-33)27-21-28(34(35,36)37)23-29(22-27)46-18-8-6-2;1-22-18-24-9-8-23(22)10-17-45(42,43)39-14-11-31(12-15-39)30(41)36-28(37-31)25-19-26(32(33,34)35)21-27(20-25)44-16-7-5-3-4-6-13-38(2)29(24)40;3-1-2-4/h5-6,10-11,20-23H,1-2,7-9,12-19H2,3-4H3,(H,38,39,43);3,5,8-9,18-21H,4,6-7,10-17H2,1-2H3,(H,36,37,41);1-2H2. The Morgan fingerprint density at radius 2 is 1.35 bits per heavy atom. The summed E-state index contributed by atoms with van der Waals surface area (Å²) in [5.74, 6) is -0.377. The van der Waals surface area contributed by atoms with Crippen molar-refractivity contribution in [3.8, 4) is 11.5 Å². The van der Waals surface area contributed by atoms with E-state index in [1.54, 1.807) is 66.4 Å². The van der Waals surface area contributed by atoms with Crippen molar-refractivity contribution in [2.75, 3.05) is 89.8 Å². The van der Waals surface area contributed by atoms with Gasteiger partial charge in [0.2, 0.25) is 20.0 Å². The van der Waals surface area contributed by atoms with E-state index in [2.05, 4.69) is 33.8 Å². The van der Waals surface area contributed by atoms with Crippen LogP contribution >= 0.6 is 23.2 Å². The SMILES string of the molecule is C=CCCCN(C)C(=O)c1ccc(CCS(=O)(=O)N2CCC3(CC2)N=C(c2cc(OCCC=C)cc(C(F)(F)F)c2)NC3=O)c(C)c1.Cc1cc2ccc1CCS(=O)(=O)N1CCC3(CC1)N=C(NC3=O)c1cc(cc(C(F)(F)F)c1)OCCC=CCCCN(C)C2=O.ClCCCl. The van der Waals surface area contributed by atoms with Crippen LogP contribution in [0.25, 0.3) is 0 Å². The lowest BCUT2D eigenvalue weighted by atomic mass is 9.89. The minimum Gasteiger partial charge on any atom is -0.493 e. The number of carbonyl (C=O) groups excluding carboxylic acids is 4. The van der Waals surface area contributed by atoms with Gasteiger partial charge in [-0.1, -0.05) is 36.4 Å². The Labute approximate surface area is 567 Å². The van der Waals surface area contributed by atoms with Crippen molar-refractivity contribution in [2.24, 2.45) is 9.98 Å². The Morgan fingerprint density at radius 3 is 1.94 bits per heavy atom. The van der Waals surface area contributed by atoms with E-state index in [1.165, 1.54) is 20.7 Å². The third-order valence-electron chi connectivity index (χ3n) is 17.1. The van der Waals surface area contributed by atoms with E-state index in [0.29, 0.717) is 55.2 Å². The number of nitrogens with zero attached hydrogens (tertiary/aromatic N) is 6. The molecule has 0 aliphatic carbocycles. The van der Waals surface area contributed by atoms with Crippen LogP contribution in [0.4, 0.5) is 26.3 Å². The van der Waals surface area contributed by atoms with Crippen LogP contribution in [0, 0.1) is 13.8 Å². The second-order valence-electron chi connectivity index (χ2n) is 24.0. The number of benzene rings is 4. The van der Waals surface area contributed by atoms with Crippen LogP contribution in [-0.2, 0) is 54.8 Å². The summed E-state index contributed by atoms with van der Waals surface area (Å²) in [6.07, 6.45) is 2.76. The molecule has 7 bridgehead atoms. The van der Waals surface area contributed by atoms with Gasteiger partial charge in [-0.15, -0.1) is 36.4 Å². The quantitative estimate of drug-likeness (QED) is 0.0497. The summed E-state index contributed by atoms with van der Waals surface area (Å²) in [6.45, 7) is 12.6. The molecule has 2 saturated heterocycles. The van der Waals surface area contributed by atoms with Crippen molar-refractivity contribution in [3.63, 3.8) is 0 Å². The Hall–Kier alpha value is -7.10. The molecule has 0 atom stereocenters. The third kappa shape index (κ3) is 20.0. The van der Waals surface area contributed by atoms with Crippen LogP contribution in [0.5, 0.6) is 11.5 Å². The van der Waals surface area contributed by atoms with E-state index >= 15 is 0 Å². The summed E-state index contributed by atoms with van der Waals surface area (Å²) in [6, 6.07) is 17.0. The maximum Gasteiger partial charge on any atom is 0.416 e. The van der Waals surface area contributed by atoms with E-state index in [9.17, 15) is 62.4 Å². The topological polar surface area (TPSA) is 217 Å². The maximum absolute atomic E-state index is 13.8. The first-order chi connectivity index (χ1) is 45.4. The highest BCUT2D eigenvalue weighted by Crippen LogP contribution is 2.39. The number of halogens is 8. The molecule has 0 radical (unpaired) electrons. The van der Waals surface area contributed by atoms with Crippen LogP contribution < -0.4 is 20.1 Å². The smallest absolute Gasteiger partial charge is 0.416 e. The van der Waals surface area contributed by atoms with E-state index in [1.807, 2.05) is 32.1 Å². The summed E-state index contributed by atoms with van der Waals surface area (Å²) >= 11 is 10.1. The number of nitrogens with one attached hydrogen (secondary N) is 2. The molecule has 28 heteroatoms. The van der Waals surface area contributed by atoms with Crippen molar-refractivity contribution in [2.45, 2.75) is 114 Å². The number of hydrogen-bond donors (Lipinski definition) is 2.